The third-order valence-electron chi connectivity index (χ3n) is 4.44. The summed E-state index contributed by atoms with van der Waals surface area (Å²) in [6.07, 6.45) is 0. The van der Waals surface area contributed by atoms with E-state index in [4.69, 9.17) is 0 Å². The zero-order valence-corrected chi connectivity index (χ0v) is 13.8. The lowest BCUT2D eigenvalue weighted by atomic mass is 9.98. The Morgan fingerprint density at radius 3 is 1.45 bits per heavy atom. The molecule has 0 aliphatic carbocycles. The molecule has 4 aromatic rings. The van der Waals surface area contributed by atoms with Gasteiger partial charge < -0.3 is 0 Å². The minimum Gasteiger partial charge on any atom is -0.139 e. The van der Waals surface area contributed by atoms with Gasteiger partial charge >= 0.3 is 0 Å². The van der Waals surface area contributed by atoms with E-state index in [0.717, 1.165) is 0 Å². The van der Waals surface area contributed by atoms with Crippen molar-refractivity contribution in [2.45, 2.75) is 27.7 Å². The summed E-state index contributed by atoms with van der Waals surface area (Å²) in [6.45, 7) is 9.02. The van der Waals surface area contributed by atoms with Crippen LogP contribution in [0.15, 0.2) is 24.3 Å². The molecule has 4 rings (SSSR count). The number of hydrogen-bond acceptors (Lipinski definition) is 2. The Labute approximate surface area is 126 Å². The fraction of sp³-hybridized carbons (Fsp3) is 0.222. The van der Waals surface area contributed by atoms with Crippen LogP contribution in [0.4, 0.5) is 0 Å². The van der Waals surface area contributed by atoms with Gasteiger partial charge in [0.2, 0.25) is 0 Å². The first kappa shape index (κ1) is 12.4. The smallest absolute Gasteiger partial charge is 0.0533 e. The number of thiophene rings is 2. The van der Waals surface area contributed by atoms with E-state index >= 15 is 0 Å². The predicted octanol–water partition coefficient (Wildman–Crippen LogP) is 6.50. The molecule has 0 saturated carbocycles. The summed E-state index contributed by atoms with van der Waals surface area (Å²) in [6, 6.07) is 8.88. The first-order valence-electron chi connectivity index (χ1n) is 6.89. The summed E-state index contributed by atoms with van der Waals surface area (Å²) in [5.41, 5.74) is 2.90. The van der Waals surface area contributed by atoms with E-state index in [0.29, 0.717) is 0 Å². The molecule has 2 aromatic carbocycles. The van der Waals surface area contributed by atoms with E-state index in [9.17, 15) is 0 Å². The molecule has 0 fully saturated rings. The molecule has 2 heteroatoms. The van der Waals surface area contributed by atoms with Crippen LogP contribution in [-0.4, -0.2) is 0 Å². The van der Waals surface area contributed by atoms with Crippen LogP contribution >= 0.6 is 22.7 Å². The van der Waals surface area contributed by atoms with Gasteiger partial charge in [-0.15, -0.1) is 22.7 Å². The number of aryl methyl sites for hydroxylation is 4. The normalized spacial score (nSPS) is 12.0. The number of hydrogen-bond donors (Lipinski definition) is 0. The monoisotopic (exact) mass is 296 g/mol. The maximum atomic E-state index is 2.28. The molecule has 20 heavy (non-hydrogen) atoms. The Morgan fingerprint density at radius 2 is 1.05 bits per heavy atom. The molecule has 0 radical (unpaired) electrons. The summed E-state index contributed by atoms with van der Waals surface area (Å²) in [5, 5.41) is 5.77. The molecule has 0 spiro atoms. The van der Waals surface area contributed by atoms with Crippen LogP contribution in [0.25, 0.3) is 30.9 Å². The first-order chi connectivity index (χ1) is 9.59. The molecule has 0 aliphatic heterocycles. The second-order valence-electron chi connectivity index (χ2n) is 5.52. The van der Waals surface area contributed by atoms with Gasteiger partial charge in [0.1, 0.15) is 0 Å². The highest BCUT2D eigenvalue weighted by atomic mass is 32.1. The van der Waals surface area contributed by atoms with Crippen LogP contribution < -0.4 is 0 Å². The van der Waals surface area contributed by atoms with Crippen LogP contribution in [0, 0.1) is 27.7 Å². The number of benzene rings is 2. The van der Waals surface area contributed by atoms with Crippen LogP contribution in [-0.2, 0) is 0 Å². The van der Waals surface area contributed by atoms with E-state index in [1.807, 2.05) is 22.7 Å². The van der Waals surface area contributed by atoms with Crippen molar-refractivity contribution < 1.29 is 0 Å². The van der Waals surface area contributed by atoms with Crippen molar-refractivity contribution in [2.24, 2.45) is 0 Å². The maximum absolute atomic E-state index is 2.28. The molecule has 0 unspecified atom stereocenters. The minimum absolute atomic E-state index is 1.41. The van der Waals surface area contributed by atoms with Gasteiger partial charge in [0, 0.05) is 20.5 Å². The number of fused-ring (bicyclic) bond motifs is 6. The zero-order valence-electron chi connectivity index (χ0n) is 12.1. The maximum Gasteiger partial charge on any atom is 0.0533 e. The Kier molecular flexibility index (Phi) is 2.51. The Hall–Kier alpha value is -1.38. The van der Waals surface area contributed by atoms with Crippen LogP contribution in [0.5, 0.6) is 0 Å². The topological polar surface area (TPSA) is 0 Å². The molecule has 0 nitrogen and oxygen atoms in total. The fourth-order valence-corrected chi connectivity index (χ4v) is 5.63. The Balaban J connectivity index is 2.48. The average molecular weight is 296 g/mol. The molecule has 2 aromatic heterocycles. The largest absolute Gasteiger partial charge is 0.139 e. The van der Waals surface area contributed by atoms with Crippen molar-refractivity contribution in [1.82, 2.24) is 0 Å². The lowest BCUT2D eigenvalue weighted by Crippen LogP contribution is -1.80. The van der Waals surface area contributed by atoms with Crippen LogP contribution in [0.2, 0.25) is 0 Å². The minimum atomic E-state index is 1.41. The second kappa shape index (κ2) is 4.06. The fourth-order valence-electron chi connectivity index (χ4n) is 3.14. The van der Waals surface area contributed by atoms with Crippen molar-refractivity contribution >= 4 is 53.6 Å². The van der Waals surface area contributed by atoms with E-state index in [1.165, 1.54) is 51.8 Å². The van der Waals surface area contributed by atoms with Gasteiger partial charge in [-0.05, 0) is 49.6 Å². The van der Waals surface area contributed by atoms with Crippen molar-refractivity contribution in [3.05, 3.63) is 45.1 Å². The second-order valence-corrected chi connectivity index (χ2v) is 7.97. The lowest BCUT2D eigenvalue weighted by molar-refractivity contribution is 1.47. The van der Waals surface area contributed by atoms with Gasteiger partial charge in [-0.25, -0.2) is 0 Å². The summed E-state index contributed by atoms with van der Waals surface area (Å²) in [4.78, 5) is 2.89. The molecular formula is C18H16S2. The van der Waals surface area contributed by atoms with Crippen molar-refractivity contribution in [3.63, 3.8) is 0 Å². The van der Waals surface area contributed by atoms with Crippen molar-refractivity contribution in [2.75, 3.05) is 0 Å². The third kappa shape index (κ3) is 1.41. The summed E-state index contributed by atoms with van der Waals surface area (Å²) >= 11 is 3.91. The van der Waals surface area contributed by atoms with Crippen LogP contribution in [0.1, 0.15) is 20.9 Å². The third-order valence-corrected chi connectivity index (χ3v) is 7.02. The molecular weight excluding hydrogens is 280 g/mol. The van der Waals surface area contributed by atoms with Gasteiger partial charge in [-0.1, -0.05) is 24.3 Å². The molecule has 100 valence electrons. The highest BCUT2D eigenvalue weighted by Gasteiger charge is 2.17. The molecule has 0 N–H and O–H groups in total. The highest BCUT2D eigenvalue weighted by molar-refractivity contribution is 7.27. The lowest BCUT2D eigenvalue weighted by Gasteiger charge is -2.05. The van der Waals surface area contributed by atoms with Gasteiger partial charge in [-0.2, -0.15) is 0 Å². The predicted molar refractivity (Wildman–Crippen MR) is 93.7 cm³/mol. The molecule has 0 amide bonds. The quantitative estimate of drug-likeness (QED) is 0.347. The molecule has 2 heterocycles. The summed E-state index contributed by atoms with van der Waals surface area (Å²) in [7, 11) is 0. The summed E-state index contributed by atoms with van der Waals surface area (Å²) < 4.78 is 2.96. The first-order valence-corrected chi connectivity index (χ1v) is 8.53. The molecule has 0 aliphatic rings. The Bertz CT molecular complexity index is 902. The van der Waals surface area contributed by atoms with E-state index < -0.39 is 0 Å². The highest BCUT2D eigenvalue weighted by Crippen LogP contribution is 2.46. The summed E-state index contributed by atoms with van der Waals surface area (Å²) in [5.74, 6) is 0. The van der Waals surface area contributed by atoms with Crippen molar-refractivity contribution in [1.29, 1.82) is 0 Å². The number of rotatable bonds is 0. The van der Waals surface area contributed by atoms with Crippen molar-refractivity contribution in [3.8, 4) is 0 Å². The molecule has 0 bridgehead atoms. The van der Waals surface area contributed by atoms with Gasteiger partial charge in [0.25, 0.3) is 0 Å². The average Bonchev–Trinajstić information content (AvgIpc) is 2.90. The van der Waals surface area contributed by atoms with Gasteiger partial charge in [0.05, 0.1) is 9.40 Å². The zero-order chi connectivity index (χ0) is 14.0. The SMILES string of the molecule is Cc1sc2c3sc(C)c(C)c3c3ccccc3c2c1C. The van der Waals surface area contributed by atoms with E-state index in [2.05, 4.69) is 52.0 Å². The Morgan fingerprint density at radius 1 is 0.650 bits per heavy atom. The van der Waals surface area contributed by atoms with Gasteiger partial charge in [0.15, 0.2) is 0 Å². The van der Waals surface area contributed by atoms with E-state index in [1.54, 1.807) is 0 Å². The molecule has 0 saturated heterocycles. The molecule has 0 atom stereocenters. The van der Waals surface area contributed by atoms with Gasteiger partial charge in [-0.3, -0.25) is 0 Å². The van der Waals surface area contributed by atoms with E-state index in [-0.39, 0.29) is 0 Å². The van der Waals surface area contributed by atoms with Crippen LogP contribution in [0.3, 0.4) is 0 Å². The standard InChI is InChI=1S/C18H16S2/c1-9-11(3)19-17-15(9)13-7-5-6-8-14(13)16-10(2)12(4)20-18(16)17/h5-8H,1-4H3.